The van der Waals surface area contributed by atoms with Crippen LogP contribution in [-0.2, 0) is 5.41 Å². The predicted molar refractivity (Wildman–Crippen MR) is 98.0 cm³/mol. The third-order valence-corrected chi connectivity index (χ3v) is 4.33. The van der Waals surface area contributed by atoms with Gasteiger partial charge in [-0.2, -0.15) is 10.1 Å². The van der Waals surface area contributed by atoms with E-state index in [1.54, 1.807) is 6.20 Å². The summed E-state index contributed by atoms with van der Waals surface area (Å²) in [6.45, 7) is 10.5. The van der Waals surface area contributed by atoms with Crippen molar-refractivity contribution in [2.45, 2.75) is 26.2 Å². The fourth-order valence-electron chi connectivity index (χ4n) is 2.88. The van der Waals surface area contributed by atoms with Crippen LogP contribution in [0.5, 0.6) is 0 Å². The molecule has 3 rings (SSSR count). The topological polar surface area (TPSA) is 57.2 Å². The smallest absolute Gasteiger partial charge is 0.247 e. The van der Waals surface area contributed by atoms with Crippen LogP contribution >= 0.6 is 0 Å². The molecular weight excluding hydrogens is 300 g/mol. The highest BCUT2D eigenvalue weighted by Crippen LogP contribution is 2.30. The third-order valence-electron chi connectivity index (χ3n) is 4.33. The van der Waals surface area contributed by atoms with Crippen molar-refractivity contribution < 1.29 is 0 Å². The van der Waals surface area contributed by atoms with Crippen molar-refractivity contribution in [3.05, 3.63) is 36.0 Å². The molecule has 0 unspecified atom stereocenters. The van der Waals surface area contributed by atoms with Crippen LogP contribution in [0, 0.1) is 0 Å². The summed E-state index contributed by atoms with van der Waals surface area (Å²) in [5.41, 5.74) is 2.38. The fourth-order valence-corrected chi connectivity index (χ4v) is 2.88. The summed E-state index contributed by atoms with van der Waals surface area (Å²) >= 11 is 0. The number of piperazine rings is 1. The van der Waals surface area contributed by atoms with E-state index in [9.17, 15) is 0 Å². The minimum absolute atomic E-state index is 0.0599. The molecule has 0 atom stereocenters. The van der Waals surface area contributed by atoms with Gasteiger partial charge < -0.3 is 15.1 Å². The standard InChI is InChI=1S/C18H26N6/c1-18(2,3)14-7-5-6-8-15(14)20-16-13-19-22-17(21-16)24-11-9-23(4)10-12-24/h5-8,13H,9-12H2,1-4H3,(H,20,21,22). The number of nitrogens with one attached hydrogen (secondary N) is 1. The Morgan fingerprint density at radius 2 is 1.75 bits per heavy atom. The van der Waals surface area contributed by atoms with Crippen molar-refractivity contribution in [3.63, 3.8) is 0 Å². The molecule has 1 aliphatic heterocycles. The van der Waals surface area contributed by atoms with E-state index in [4.69, 9.17) is 0 Å². The van der Waals surface area contributed by atoms with E-state index in [1.807, 2.05) is 6.07 Å². The molecule has 1 N–H and O–H groups in total. The average molecular weight is 326 g/mol. The summed E-state index contributed by atoms with van der Waals surface area (Å²) < 4.78 is 0. The van der Waals surface area contributed by atoms with Gasteiger partial charge in [-0.1, -0.05) is 39.0 Å². The molecule has 1 aliphatic rings. The Kier molecular flexibility index (Phi) is 4.66. The zero-order valence-corrected chi connectivity index (χ0v) is 15.0. The molecule has 6 nitrogen and oxygen atoms in total. The summed E-state index contributed by atoms with van der Waals surface area (Å²) in [7, 11) is 2.14. The molecular formula is C18H26N6. The van der Waals surface area contributed by atoms with Crippen LogP contribution in [0.3, 0.4) is 0 Å². The summed E-state index contributed by atoms with van der Waals surface area (Å²) in [5.74, 6) is 1.43. The number of benzene rings is 1. The molecule has 1 saturated heterocycles. The molecule has 0 radical (unpaired) electrons. The first kappa shape index (κ1) is 16.6. The van der Waals surface area contributed by atoms with Crippen LogP contribution in [0.25, 0.3) is 0 Å². The SMILES string of the molecule is CN1CCN(c2nncc(Nc3ccccc3C(C)(C)C)n2)CC1. The predicted octanol–water partition coefficient (Wildman–Crippen LogP) is 2.66. The second-order valence-electron chi connectivity index (χ2n) is 7.35. The lowest BCUT2D eigenvalue weighted by Crippen LogP contribution is -2.45. The first-order valence-electron chi connectivity index (χ1n) is 8.43. The lowest BCUT2D eigenvalue weighted by molar-refractivity contribution is 0.311. The highest BCUT2D eigenvalue weighted by molar-refractivity contribution is 5.62. The van der Waals surface area contributed by atoms with Crippen LogP contribution in [-0.4, -0.2) is 53.3 Å². The summed E-state index contributed by atoms with van der Waals surface area (Å²) in [6.07, 6.45) is 1.68. The summed E-state index contributed by atoms with van der Waals surface area (Å²) in [6, 6.07) is 8.34. The number of anilines is 3. The molecule has 2 aromatic rings. The molecule has 0 amide bonds. The first-order valence-corrected chi connectivity index (χ1v) is 8.43. The van der Waals surface area contributed by atoms with Gasteiger partial charge in [0, 0.05) is 31.9 Å². The number of nitrogens with zero attached hydrogens (tertiary/aromatic N) is 5. The van der Waals surface area contributed by atoms with Crippen molar-refractivity contribution in [2.24, 2.45) is 0 Å². The van der Waals surface area contributed by atoms with Crippen LogP contribution in [0.4, 0.5) is 17.5 Å². The van der Waals surface area contributed by atoms with E-state index >= 15 is 0 Å². The Morgan fingerprint density at radius 3 is 2.46 bits per heavy atom. The quantitative estimate of drug-likeness (QED) is 0.936. The molecule has 6 heteroatoms. The van der Waals surface area contributed by atoms with Gasteiger partial charge in [0.2, 0.25) is 5.95 Å². The van der Waals surface area contributed by atoms with E-state index < -0.39 is 0 Å². The largest absolute Gasteiger partial charge is 0.339 e. The molecule has 0 spiro atoms. The Morgan fingerprint density at radius 1 is 1.04 bits per heavy atom. The van der Waals surface area contributed by atoms with Crippen LogP contribution < -0.4 is 10.2 Å². The third kappa shape index (κ3) is 3.82. The second kappa shape index (κ2) is 6.73. The minimum Gasteiger partial charge on any atom is -0.339 e. The Balaban J connectivity index is 1.81. The summed E-state index contributed by atoms with van der Waals surface area (Å²) in [5, 5.41) is 11.8. The van der Waals surface area contributed by atoms with Gasteiger partial charge in [0.25, 0.3) is 0 Å². The van der Waals surface area contributed by atoms with Crippen molar-refractivity contribution in [2.75, 3.05) is 43.4 Å². The molecule has 128 valence electrons. The van der Waals surface area contributed by atoms with Gasteiger partial charge in [-0.05, 0) is 24.1 Å². The molecule has 24 heavy (non-hydrogen) atoms. The number of hydrogen-bond acceptors (Lipinski definition) is 6. The highest BCUT2D eigenvalue weighted by atomic mass is 15.4. The number of hydrogen-bond donors (Lipinski definition) is 1. The molecule has 1 aromatic heterocycles. The molecule has 1 fully saturated rings. The zero-order chi connectivity index (χ0) is 17.2. The highest BCUT2D eigenvalue weighted by Gasteiger charge is 2.19. The molecule has 1 aromatic carbocycles. The number of para-hydroxylation sites is 1. The van der Waals surface area contributed by atoms with Gasteiger partial charge in [0.15, 0.2) is 5.82 Å². The molecule has 2 heterocycles. The van der Waals surface area contributed by atoms with Crippen molar-refractivity contribution in [3.8, 4) is 0 Å². The van der Waals surface area contributed by atoms with E-state index in [0.717, 1.165) is 37.7 Å². The second-order valence-corrected chi connectivity index (χ2v) is 7.35. The van der Waals surface area contributed by atoms with E-state index in [0.29, 0.717) is 5.95 Å². The van der Waals surface area contributed by atoms with Gasteiger partial charge in [-0.3, -0.25) is 0 Å². The lowest BCUT2D eigenvalue weighted by atomic mass is 9.86. The van der Waals surface area contributed by atoms with Crippen molar-refractivity contribution >= 4 is 17.5 Å². The molecule has 0 aliphatic carbocycles. The van der Waals surface area contributed by atoms with Gasteiger partial charge >= 0.3 is 0 Å². The first-order chi connectivity index (χ1) is 11.4. The minimum atomic E-state index is 0.0599. The maximum absolute atomic E-state index is 4.66. The van der Waals surface area contributed by atoms with Gasteiger partial charge in [-0.25, -0.2) is 0 Å². The fraction of sp³-hybridized carbons (Fsp3) is 0.500. The van der Waals surface area contributed by atoms with Crippen LogP contribution in [0.2, 0.25) is 0 Å². The van der Waals surface area contributed by atoms with E-state index in [1.165, 1.54) is 5.56 Å². The van der Waals surface area contributed by atoms with Gasteiger partial charge in [-0.15, -0.1) is 5.10 Å². The van der Waals surface area contributed by atoms with Crippen LogP contribution in [0.15, 0.2) is 30.5 Å². The molecule has 0 saturated carbocycles. The van der Waals surface area contributed by atoms with Crippen molar-refractivity contribution in [1.29, 1.82) is 0 Å². The zero-order valence-electron chi connectivity index (χ0n) is 15.0. The normalized spacial score (nSPS) is 16.2. The lowest BCUT2D eigenvalue weighted by Gasteiger charge is -2.32. The van der Waals surface area contributed by atoms with Crippen molar-refractivity contribution in [1.82, 2.24) is 20.1 Å². The number of aromatic nitrogens is 3. The average Bonchev–Trinajstić information content (AvgIpc) is 2.55. The van der Waals surface area contributed by atoms with Crippen LogP contribution in [0.1, 0.15) is 26.3 Å². The maximum Gasteiger partial charge on any atom is 0.247 e. The van der Waals surface area contributed by atoms with Gasteiger partial charge in [0.1, 0.15) is 0 Å². The summed E-state index contributed by atoms with van der Waals surface area (Å²) in [4.78, 5) is 9.16. The maximum atomic E-state index is 4.66. The number of rotatable bonds is 3. The Hall–Kier alpha value is -2.21. The van der Waals surface area contributed by atoms with E-state index in [2.05, 4.69) is 76.3 Å². The molecule has 0 bridgehead atoms. The Labute approximate surface area is 143 Å². The van der Waals surface area contributed by atoms with E-state index in [-0.39, 0.29) is 5.41 Å². The monoisotopic (exact) mass is 326 g/mol. The number of likely N-dealkylation sites (N-methyl/N-ethyl adjacent to an activating group) is 1. The van der Waals surface area contributed by atoms with Gasteiger partial charge in [0.05, 0.1) is 6.20 Å². The Bertz CT molecular complexity index is 686.